The Labute approximate surface area is 127 Å². The number of hydrogen-bond acceptors (Lipinski definition) is 4. The lowest BCUT2D eigenvalue weighted by molar-refractivity contribution is 0.412. The van der Waals surface area contributed by atoms with Gasteiger partial charge in [0.05, 0.1) is 4.90 Å². The quantitative estimate of drug-likeness (QED) is 0.886. The zero-order valence-electron chi connectivity index (χ0n) is 11.3. The molecule has 0 bridgehead atoms. The summed E-state index contributed by atoms with van der Waals surface area (Å²) >= 11 is 3.34. The monoisotopic (exact) mass is 357 g/mol. The first kappa shape index (κ1) is 15.4. The molecule has 20 heavy (non-hydrogen) atoms. The number of benzene rings is 1. The molecule has 0 spiro atoms. The second-order valence-corrected chi connectivity index (χ2v) is 7.35. The molecule has 1 aromatic carbocycles. The SMILES string of the molecule is CN(C)CCNS(=O)(=O)c1cc(Br)cc2cnccc12. The van der Waals surface area contributed by atoms with Crippen LogP contribution in [0.15, 0.2) is 40.0 Å². The molecule has 1 heterocycles. The van der Waals surface area contributed by atoms with E-state index in [9.17, 15) is 8.42 Å². The maximum absolute atomic E-state index is 12.4. The van der Waals surface area contributed by atoms with Crippen LogP contribution in [-0.4, -0.2) is 45.5 Å². The van der Waals surface area contributed by atoms with E-state index < -0.39 is 10.0 Å². The fraction of sp³-hybridized carbons (Fsp3) is 0.308. The minimum Gasteiger partial charge on any atom is -0.308 e. The van der Waals surface area contributed by atoms with Crippen molar-refractivity contribution in [1.82, 2.24) is 14.6 Å². The minimum absolute atomic E-state index is 0.267. The van der Waals surface area contributed by atoms with Gasteiger partial charge in [-0.1, -0.05) is 15.9 Å². The van der Waals surface area contributed by atoms with Gasteiger partial charge in [-0.05, 0) is 32.3 Å². The summed E-state index contributed by atoms with van der Waals surface area (Å²) in [5.41, 5.74) is 0. The van der Waals surface area contributed by atoms with Crippen LogP contribution in [-0.2, 0) is 10.0 Å². The van der Waals surface area contributed by atoms with Gasteiger partial charge in [-0.2, -0.15) is 0 Å². The van der Waals surface area contributed by atoms with Gasteiger partial charge >= 0.3 is 0 Å². The predicted molar refractivity (Wildman–Crippen MR) is 83.2 cm³/mol. The van der Waals surface area contributed by atoms with Crippen molar-refractivity contribution < 1.29 is 8.42 Å². The Kier molecular flexibility index (Phi) is 4.74. The van der Waals surface area contributed by atoms with Gasteiger partial charge in [-0.3, -0.25) is 4.98 Å². The van der Waals surface area contributed by atoms with E-state index in [1.807, 2.05) is 25.1 Å². The number of rotatable bonds is 5. The Morgan fingerprint density at radius 3 is 2.80 bits per heavy atom. The van der Waals surface area contributed by atoms with Gasteiger partial charge in [0.1, 0.15) is 0 Å². The Morgan fingerprint density at radius 2 is 2.10 bits per heavy atom. The van der Waals surface area contributed by atoms with Gasteiger partial charge in [-0.15, -0.1) is 0 Å². The molecule has 0 saturated heterocycles. The number of pyridine rings is 1. The molecule has 2 rings (SSSR count). The highest BCUT2D eigenvalue weighted by Gasteiger charge is 2.17. The summed E-state index contributed by atoms with van der Waals surface area (Å²) in [6, 6.07) is 5.17. The molecule has 1 N–H and O–H groups in total. The summed E-state index contributed by atoms with van der Waals surface area (Å²) in [6.45, 7) is 1.02. The molecular weight excluding hydrogens is 342 g/mol. The predicted octanol–water partition coefficient (Wildman–Crippen LogP) is 1.84. The number of aromatic nitrogens is 1. The van der Waals surface area contributed by atoms with E-state index in [-0.39, 0.29) is 4.90 Å². The van der Waals surface area contributed by atoms with Gasteiger partial charge in [0.2, 0.25) is 10.0 Å². The maximum atomic E-state index is 12.4. The van der Waals surface area contributed by atoms with Crippen molar-refractivity contribution in [3.63, 3.8) is 0 Å². The third-order valence-electron chi connectivity index (χ3n) is 2.82. The fourth-order valence-corrected chi connectivity index (χ4v) is 3.74. The van der Waals surface area contributed by atoms with Crippen molar-refractivity contribution in [1.29, 1.82) is 0 Å². The van der Waals surface area contributed by atoms with Crippen LogP contribution in [0.1, 0.15) is 0 Å². The van der Waals surface area contributed by atoms with Crippen LogP contribution in [0, 0.1) is 0 Å². The summed E-state index contributed by atoms with van der Waals surface area (Å²) in [4.78, 5) is 6.21. The highest BCUT2D eigenvalue weighted by atomic mass is 79.9. The number of nitrogens with zero attached hydrogens (tertiary/aromatic N) is 2. The number of nitrogens with one attached hydrogen (secondary N) is 1. The maximum Gasteiger partial charge on any atom is 0.241 e. The molecule has 0 atom stereocenters. The molecule has 0 aliphatic heterocycles. The third-order valence-corrected chi connectivity index (χ3v) is 4.78. The van der Waals surface area contributed by atoms with Gasteiger partial charge in [-0.25, -0.2) is 13.1 Å². The van der Waals surface area contributed by atoms with Crippen LogP contribution >= 0.6 is 15.9 Å². The van der Waals surface area contributed by atoms with Gasteiger partial charge in [0, 0.05) is 40.7 Å². The molecule has 0 aliphatic carbocycles. The normalized spacial score (nSPS) is 12.2. The van der Waals surface area contributed by atoms with E-state index in [1.165, 1.54) is 0 Å². The zero-order valence-corrected chi connectivity index (χ0v) is 13.7. The molecule has 0 amide bonds. The van der Waals surface area contributed by atoms with Crippen molar-refractivity contribution in [2.75, 3.05) is 27.2 Å². The van der Waals surface area contributed by atoms with Crippen molar-refractivity contribution in [2.45, 2.75) is 4.90 Å². The molecule has 0 unspecified atom stereocenters. The molecule has 0 radical (unpaired) electrons. The number of fused-ring (bicyclic) bond motifs is 1. The van der Waals surface area contributed by atoms with Crippen molar-refractivity contribution in [3.05, 3.63) is 35.1 Å². The van der Waals surface area contributed by atoms with Crippen molar-refractivity contribution >= 4 is 36.7 Å². The molecular formula is C13H16BrN3O2S. The topological polar surface area (TPSA) is 62.3 Å². The summed E-state index contributed by atoms with van der Waals surface area (Å²) in [7, 11) is 0.255. The van der Waals surface area contributed by atoms with E-state index in [0.717, 1.165) is 5.39 Å². The standard InChI is InChI=1S/C13H16BrN3O2S/c1-17(2)6-5-16-20(18,19)13-8-11(14)7-10-9-15-4-3-12(10)13/h3-4,7-9,16H,5-6H2,1-2H3. The lowest BCUT2D eigenvalue weighted by atomic mass is 10.2. The number of halogens is 1. The Hall–Kier alpha value is -1.02. The number of sulfonamides is 1. The van der Waals surface area contributed by atoms with Crippen molar-refractivity contribution in [2.24, 2.45) is 0 Å². The van der Waals surface area contributed by atoms with Gasteiger partial charge in [0.15, 0.2) is 0 Å². The van der Waals surface area contributed by atoms with E-state index in [4.69, 9.17) is 0 Å². The van der Waals surface area contributed by atoms with Crippen LogP contribution in [0.25, 0.3) is 10.8 Å². The lowest BCUT2D eigenvalue weighted by Gasteiger charge is -2.12. The highest BCUT2D eigenvalue weighted by Crippen LogP contribution is 2.26. The van der Waals surface area contributed by atoms with Gasteiger partial charge < -0.3 is 4.90 Å². The van der Waals surface area contributed by atoms with E-state index in [2.05, 4.69) is 25.6 Å². The van der Waals surface area contributed by atoms with E-state index >= 15 is 0 Å². The Balaban J connectivity index is 2.41. The molecule has 1 aromatic heterocycles. The molecule has 108 valence electrons. The lowest BCUT2D eigenvalue weighted by Crippen LogP contribution is -2.31. The second kappa shape index (κ2) is 6.17. The average Bonchev–Trinajstić information content (AvgIpc) is 2.37. The number of hydrogen-bond donors (Lipinski definition) is 1. The number of likely N-dealkylation sites (N-methyl/N-ethyl adjacent to an activating group) is 1. The van der Waals surface area contributed by atoms with Gasteiger partial charge in [0.25, 0.3) is 0 Å². The summed E-state index contributed by atoms with van der Waals surface area (Å²) in [5.74, 6) is 0. The molecule has 7 heteroatoms. The largest absolute Gasteiger partial charge is 0.308 e. The summed E-state index contributed by atoms with van der Waals surface area (Å²) in [6.07, 6.45) is 3.24. The first-order valence-corrected chi connectivity index (χ1v) is 8.35. The summed E-state index contributed by atoms with van der Waals surface area (Å²) in [5, 5.41) is 1.45. The molecule has 0 fully saturated rings. The molecule has 5 nitrogen and oxygen atoms in total. The van der Waals surface area contributed by atoms with Crippen LogP contribution in [0.5, 0.6) is 0 Å². The highest BCUT2D eigenvalue weighted by molar-refractivity contribution is 9.10. The average molecular weight is 358 g/mol. The third kappa shape index (κ3) is 3.54. The van der Waals surface area contributed by atoms with Crippen LogP contribution in [0.3, 0.4) is 0 Å². The molecule has 2 aromatic rings. The zero-order chi connectivity index (χ0) is 14.8. The smallest absolute Gasteiger partial charge is 0.241 e. The first-order valence-electron chi connectivity index (χ1n) is 6.08. The first-order chi connectivity index (χ1) is 9.40. The van der Waals surface area contributed by atoms with Crippen LogP contribution in [0.2, 0.25) is 0 Å². The Bertz CT molecular complexity index is 717. The van der Waals surface area contributed by atoms with E-state index in [1.54, 1.807) is 24.5 Å². The van der Waals surface area contributed by atoms with Crippen LogP contribution < -0.4 is 4.72 Å². The fourth-order valence-electron chi connectivity index (χ4n) is 1.84. The summed E-state index contributed by atoms with van der Waals surface area (Å²) < 4.78 is 28.1. The Morgan fingerprint density at radius 1 is 1.35 bits per heavy atom. The van der Waals surface area contributed by atoms with Crippen molar-refractivity contribution in [3.8, 4) is 0 Å². The molecule has 0 saturated carbocycles. The second-order valence-electron chi connectivity index (χ2n) is 4.70. The minimum atomic E-state index is -3.54. The molecule has 0 aliphatic rings. The van der Waals surface area contributed by atoms with Crippen LogP contribution in [0.4, 0.5) is 0 Å². The van der Waals surface area contributed by atoms with E-state index in [0.29, 0.717) is 22.9 Å².